The molecular formula is C23H26N4O2S. The highest BCUT2D eigenvalue weighted by molar-refractivity contribution is 7.10. The zero-order valence-electron chi connectivity index (χ0n) is 16.9. The smallest absolute Gasteiger partial charge is 0.225 e. The summed E-state index contributed by atoms with van der Waals surface area (Å²) in [5, 5.41) is 5.03. The molecule has 4 rings (SSSR count). The monoisotopic (exact) mass is 422 g/mol. The average Bonchev–Trinajstić information content (AvgIpc) is 3.40. The summed E-state index contributed by atoms with van der Waals surface area (Å²) < 4.78 is 1.99. The fourth-order valence-corrected chi connectivity index (χ4v) is 4.62. The van der Waals surface area contributed by atoms with E-state index < -0.39 is 0 Å². The first kappa shape index (κ1) is 20.3. The summed E-state index contributed by atoms with van der Waals surface area (Å²) in [6, 6.07) is 12.2. The normalized spacial score (nSPS) is 13.1. The predicted octanol–water partition coefficient (Wildman–Crippen LogP) is 3.02. The molecule has 0 saturated carbocycles. The highest BCUT2D eigenvalue weighted by Crippen LogP contribution is 2.24. The van der Waals surface area contributed by atoms with Crippen LogP contribution in [0.3, 0.4) is 0 Å². The Morgan fingerprint density at radius 1 is 1.17 bits per heavy atom. The van der Waals surface area contributed by atoms with Crippen LogP contribution in [0.25, 0.3) is 0 Å². The molecule has 0 fully saturated rings. The summed E-state index contributed by atoms with van der Waals surface area (Å²) in [5.74, 6) is 0.125. The largest absolute Gasteiger partial charge is 0.356 e. The third kappa shape index (κ3) is 5.16. The van der Waals surface area contributed by atoms with E-state index in [9.17, 15) is 9.59 Å². The summed E-state index contributed by atoms with van der Waals surface area (Å²) >= 11 is 1.77. The molecule has 0 radical (unpaired) electrons. The number of benzene rings is 1. The lowest BCUT2D eigenvalue weighted by molar-refractivity contribution is -0.132. The van der Waals surface area contributed by atoms with Gasteiger partial charge in [0, 0.05) is 49.4 Å². The molecule has 0 aliphatic carbocycles. The first-order valence-electron chi connectivity index (χ1n) is 10.3. The molecule has 1 aliphatic rings. The minimum absolute atomic E-state index is 0.0434. The van der Waals surface area contributed by atoms with E-state index in [4.69, 9.17) is 0 Å². The average molecular weight is 423 g/mol. The van der Waals surface area contributed by atoms with E-state index in [1.54, 1.807) is 23.9 Å². The Bertz CT molecular complexity index is 996. The maximum atomic E-state index is 12.5. The first-order valence-corrected chi connectivity index (χ1v) is 11.2. The lowest BCUT2D eigenvalue weighted by atomic mass is 10.1. The number of imidazole rings is 1. The number of nitrogens with zero attached hydrogens (tertiary/aromatic N) is 3. The lowest BCUT2D eigenvalue weighted by Crippen LogP contribution is -2.36. The fourth-order valence-electron chi connectivity index (χ4n) is 3.73. The van der Waals surface area contributed by atoms with Gasteiger partial charge >= 0.3 is 0 Å². The number of hydrogen-bond acceptors (Lipinski definition) is 4. The van der Waals surface area contributed by atoms with Gasteiger partial charge in [0.2, 0.25) is 11.8 Å². The van der Waals surface area contributed by atoms with Crippen molar-refractivity contribution in [2.24, 2.45) is 0 Å². The second kappa shape index (κ2) is 9.71. The van der Waals surface area contributed by atoms with Gasteiger partial charge in [0.15, 0.2) is 0 Å². The van der Waals surface area contributed by atoms with Crippen LogP contribution in [0.1, 0.15) is 34.5 Å². The van der Waals surface area contributed by atoms with Crippen LogP contribution in [0.4, 0.5) is 0 Å². The van der Waals surface area contributed by atoms with E-state index in [1.165, 1.54) is 16.0 Å². The first-order chi connectivity index (χ1) is 14.7. The maximum absolute atomic E-state index is 12.5. The predicted molar refractivity (Wildman–Crippen MR) is 117 cm³/mol. The van der Waals surface area contributed by atoms with Gasteiger partial charge in [-0.05, 0) is 35.4 Å². The van der Waals surface area contributed by atoms with Gasteiger partial charge in [-0.2, -0.15) is 0 Å². The number of carbonyl (C=O) groups excluding carboxylic acids is 2. The SMILES string of the molecule is O=C(Cc1cncn1Cc1ccccc1)NCCCC(=O)N1CCc2sccc2C1. The van der Waals surface area contributed by atoms with Crippen LogP contribution in [-0.4, -0.2) is 39.4 Å². The lowest BCUT2D eigenvalue weighted by Gasteiger charge is -2.27. The molecule has 0 saturated heterocycles. The minimum Gasteiger partial charge on any atom is -0.356 e. The van der Waals surface area contributed by atoms with Crippen LogP contribution in [0.2, 0.25) is 0 Å². The Morgan fingerprint density at radius 3 is 2.90 bits per heavy atom. The Hall–Kier alpha value is -2.93. The molecule has 30 heavy (non-hydrogen) atoms. The molecule has 0 atom stereocenters. The maximum Gasteiger partial charge on any atom is 0.225 e. The topological polar surface area (TPSA) is 67.2 Å². The Labute approximate surface area is 180 Å². The van der Waals surface area contributed by atoms with Crippen LogP contribution in [0.5, 0.6) is 0 Å². The molecule has 6 nitrogen and oxygen atoms in total. The highest BCUT2D eigenvalue weighted by Gasteiger charge is 2.21. The van der Waals surface area contributed by atoms with Crippen molar-refractivity contribution >= 4 is 23.2 Å². The van der Waals surface area contributed by atoms with E-state index in [2.05, 4.69) is 33.9 Å². The van der Waals surface area contributed by atoms with E-state index in [0.29, 0.717) is 25.9 Å². The zero-order valence-corrected chi connectivity index (χ0v) is 17.7. The molecule has 1 aliphatic heterocycles. The van der Waals surface area contributed by atoms with E-state index >= 15 is 0 Å². The van der Waals surface area contributed by atoms with Gasteiger partial charge in [0.25, 0.3) is 0 Å². The van der Waals surface area contributed by atoms with Crippen molar-refractivity contribution < 1.29 is 9.59 Å². The van der Waals surface area contributed by atoms with Crippen LogP contribution < -0.4 is 5.32 Å². The second-order valence-corrected chi connectivity index (χ2v) is 8.56. The Balaban J connectivity index is 1.18. The number of aromatic nitrogens is 2. The number of rotatable bonds is 8. The summed E-state index contributed by atoms with van der Waals surface area (Å²) in [5.41, 5.74) is 3.33. The number of fused-ring (bicyclic) bond motifs is 1. The standard InChI is InChI=1S/C23H26N4O2S/c28-22(13-20-14-24-17-27(20)15-18-5-2-1-3-6-18)25-10-4-7-23(29)26-11-8-21-19(16-26)9-12-30-21/h1-3,5-6,9,12,14,17H,4,7-8,10-11,13,15-16H2,(H,25,28). The summed E-state index contributed by atoms with van der Waals surface area (Å²) in [4.78, 5) is 32.3. The van der Waals surface area contributed by atoms with Crippen LogP contribution >= 0.6 is 11.3 Å². The van der Waals surface area contributed by atoms with E-state index in [1.807, 2.05) is 27.7 Å². The number of amides is 2. The van der Waals surface area contributed by atoms with Gasteiger partial charge in [-0.25, -0.2) is 4.98 Å². The number of carbonyl (C=O) groups is 2. The van der Waals surface area contributed by atoms with Gasteiger partial charge in [-0.15, -0.1) is 11.3 Å². The van der Waals surface area contributed by atoms with Crippen molar-refractivity contribution in [1.82, 2.24) is 19.8 Å². The Morgan fingerprint density at radius 2 is 2.03 bits per heavy atom. The van der Waals surface area contributed by atoms with E-state index in [0.717, 1.165) is 25.2 Å². The summed E-state index contributed by atoms with van der Waals surface area (Å²) in [6.45, 7) is 2.72. The van der Waals surface area contributed by atoms with Crippen molar-refractivity contribution in [1.29, 1.82) is 0 Å². The molecule has 0 unspecified atom stereocenters. The van der Waals surface area contributed by atoms with Crippen molar-refractivity contribution in [2.75, 3.05) is 13.1 Å². The van der Waals surface area contributed by atoms with Crippen molar-refractivity contribution in [3.63, 3.8) is 0 Å². The molecule has 156 valence electrons. The molecule has 3 aromatic rings. The van der Waals surface area contributed by atoms with Crippen LogP contribution in [0.15, 0.2) is 54.3 Å². The molecule has 1 aromatic carbocycles. The van der Waals surface area contributed by atoms with Gasteiger partial charge in [-0.3, -0.25) is 9.59 Å². The quantitative estimate of drug-likeness (QED) is 0.568. The number of nitrogens with one attached hydrogen (secondary N) is 1. The molecule has 0 bridgehead atoms. The fraction of sp³-hybridized carbons (Fsp3) is 0.348. The molecule has 0 spiro atoms. The molecular weight excluding hydrogens is 396 g/mol. The van der Waals surface area contributed by atoms with Gasteiger partial charge in [-0.1, -0.05) is 30.3 Å². The number of hydrogen-bond donors (Lipinski definition) is 1. The Kier molecular flexibility index (Phi) is 6.59. The zero-order chi connectivity index (χ0) is 20.8. The molecule has 1 N–H and O–H groups in total. The van der Waals surface area contributed by atoms with Crippen molar-refractivity contribution in [3.05, 3.63) is 76.0 Å². The van der Waals surface area contributed by atoms with Gasteiger partial charge in [0.05, 0.1) is 12.7 Å². The highest BCUT2D eigenvalue weighted by atomic mass is 32.1. The van der Waals surface area contributed by atoms with Crippen LogP contribution in [0, 0.1) is 0 Å². The van der Waals surface area contributed by atoms with Gasteiger partial charge in [0.1, 0.15) is 0 Å². The van der Waals surface area contributed by atoms with Crippen LogP contribution in [-0.2, 0) is 35.5 Å². The molecule has 2 amide bonds. The molecule has 7 heteroatoms. The third-order valence-corrected chi connectivity index (χ3v) is 6.41. The molecule has 2 aromatic heterocycles. The van der Waals surface area contributed by atoms with Crippen molar-refractivity contribution in [2.45, 2.75) is 38.8 Å². The van der Waals surface area contributed by atoms with E-state index in [-0.39, 0.29) is 18.2 Å². The minimum atomic E-state index is -0.0434. The summed E-state index contributed by atoms with van der Waals surface area (Å²) in [6.07, 6.45) is 5.85. The van der Waals surface area contributed by atoms with Gasteiger partial charge < -0.3 is 14.8 Å². The number of thiophene rings is 1. The second-order valence-electron chi connectivity index (χ2n) is 7.56. The summed E-state index contributed by atoms with van der Waals surface area (Å²) in [7, 11) is 0. The third-order valence-electron chi connectivity index (χ3n) is 5.39. The molecule has 3 heterocycles. The van der Waals surface area contributed by atoms with Crippen molar-refractivity contribution in [3.8, 4) is 0 Å².